The van der Waals surface area contributed by atoms with Crippen molar-refractivity contribution in [2.24, 2.45) is 5.73 Å². The summed E-state index contributed by atoms with van der Waals surface area (Å²) >= 11 is 0. The van der Waals surface area contributed by atoms with Crippen LogP contribution in [0.5, 0.6) is 0 Å². The number of aryl methyl sites for hydroxylation is 1. The maximum atomic E-state index is 12.3. The van der Waals surface area contributed by atoms with E-state index < -0.39 is 5.54 Å². The monoisotopic (exact) mass is 351 g/mol. The van der Waals surface area contributed by atoms with Crippen molar-refractivity contribution in [2.75, 3.05) is 11.9 Å². The summed E-state index contributed by atoms with van der Waals surface area (Å²) < 4.78 is 5.06. The third-order valence-corrected chi connectivity index (χ3v) is 3.46. The smallest absolute Gasteiger partial charge is 0.291 e. The summed E-state index contributed by atoms with van der Waals surface area (Å²) in [7, 11) is 0. The van der Waals surface area contributed by atoms with Gasteiger partial charge in [-0.1, -0.05) is 6.07 Å². The summed E-state index contributed by atoms with van der Waals surface area (Å²) in [6.07, 6.45) is 1.43. The Kier molecular flexibility index (Phi) is 6.57. The number of halogens is 1. The standard InChI is InChI=1S/C17H21N3O3.ClH/c1-11-6-7-12(15(21)20-17(2,3)10-18)9-13(11)19-16(22)14-5-4-8-23-14;/h4-9H,10,18H2,1-3H3,(H,19,22)(H,20,21);1H. The Morgan fingerprint density at radius 2 is 1.92 bits per heavy atom. The van der Waals surface area contributed by atoms with E-state index in [4.69, 9.17) is 10.2 Å². The van der Waals surface area contributed by atoms with Gasteiger partial charge >= 0.3 is 0 Å². The van der Waals surface area contributed by atoms with Gasteiger partial charge < -0.3 is 20.8 Å². The molecule has 0 fully saturated rings. The number of furan rings is 1. The first-order valence-corrected chi connectivity index (χ1v) is 7.30. The summed E-state index contributed by atoms with van der Waals surface area (Å²) in [4.78, 5) is 24.4. The molecule has 0 unspecified atom stereocenters. The summed E-state index contributed by atoms with van der Waals surface area (Å²) in [5.41, 5.74) is 6.98. The van der Waals surface area contributed by atoms with Gasteiger partial charge in [-0.15, -0.1) is 12.4 Å². The minimum absolute atomic E-state index is 0. The molecule has 2 aromatic rings. The Bertz CT molecular complexity index is 712. The van der Waals surface area contributed by atoms with Gasteiger partial charge in [0.05, 0.1) is 6.26 Å². The second kappa shape index (κ2) is 7.99. The first kappa shape index (κ1) is 19.7. The van der Waals surface area contributed by atoms with Crippen LogP contribution in [0.3, 0.4) is 0 Å². The van der Waals surface area contributed by atoms with E-state index in [1.165, 1.54) is 6.26 Å². The lowest BCUT2D eigenvalue weighted by atomic mass is 10.0. The molecule has 0 aliphatic rings. The molecule has 0 spiro atoms. The third kappa shape index (κ3) is 4.84. The molecule has 0 atom stereocenters. The number of benzene rings is 1. The number of anilines is 1. The maximum absolute atomic E-state index is 12.3. The largest absolute Gasteiger partial charge is 0.459 e. The van der Waals surface area contributed by atoms with Crippen LogP contribution in [0.4, 0.5) is 5.69 Å². The molecule has 7 heteroatoms. The van der Waals surface area contributed by atoms with Gasteiger partial charge in [0.15, 0.2) is 5.76 Å². The van der Waals surface area contributed by atoms with Crippen LogP contribution in [0.1, 0.15) is 40.3 Å². The molecule has 24 heavy (non-hydrogen) atoms. The average molecular weight is 352 g/mol. The Morgan fingerprint density at radius 3 is 2.50 bits per heavy atom. The van der Waals surface area contributed by atoms with Crippen LogP contribution in [0.25, 0.3) is 0 Å². The van der Waals surface area contributed by atoms with Gasteiger partial charge in [0, 0.05) is 23.3 Å². The first-order chi connectivity index (χ1) is 10.8. The Morgan fingerprint density at radius 1 is 1.21 bits per heavy atom. The van der Waals surface area contributed by atoms with Crippen molar-refractivity contribution < 1.29 is 14.0 Å². The van der Waals surface area contributed by atoms with Crippen molar-refractivity contribution in [2.45, 2.75) is 26.3 Å². The highest BCUT2D eigenvalue weighted by atomic mass is 35.5. The van der Waals surface area contributed by atoms with E-state index in [9.17, 15) is 9.59 Å². The van der Waals surface area contributed by atoms with Crippen LogP contribution in [-0.2, 0) is 0 Å². The fourth-order valence-corrected chi connectivity index (χ4v) is 1.92. The van der Waals surface area contributed by atoms with E-state index >= 15 is 0 Å². The summed E-state index contributed by atoms with van der Waals surface area (Å²) in [5.74, 6) is -0.393. The molecule has 0 saturated carbocycles. The normalized spacial score (nSPS) is 10.7. The quantitative estimate of drug-likeness (QED) is 0.771. The van der Waals surface area contributed by atoms with Gasteiger partial charge in [-0.05, 0) is 50.6 Å². The molecule has 6 nitrogen and oxygen atoms in total. The lowest BCUT2D eigenvalue weighted by molar-refractivity contribution is 0.0914. The highest BCUT2D eigenvalue weighted by Gasteiger charge is 2.20. The van der Waals surface area contributed by atoms with E-state index in [0.717, 1.165) is 5.56 Å². The fourth-order valence-electron chi connectivity index (χ4n) is 1.92. The fraction of sp³-hybridized carbons (Fsp3) is 0.294. The Labute approximate surface area is 147 Å². The minimum atomic E-state index is -0.500. The molecule has 0 bridgehead atoms. The van der Waals surface area contributed by atoms with Crippen LogP contribution in [0.2, 0.25) is 0 Å². The lowest BCUT2D eigenvalue weighted by Crippen LogP contribution is -2.48. The SMILES string of the molecule is Cc1ccc(C(=O)NC(C)(C)CN)cc1NC(=O)c1ccco1.Cl. The first-order valence-electron chi connectivity index (χ1n) is 7.30. The Hall–Kier alpha value is -2.31. The second-order valence-electron chi connectivity index (χ2n) is 6.00. The highest BCUT2D eigenvalue weighted by Crippen LogP contribution is 2.19. The van der Waals surface area contributed by atoms with Crippen molar-refractivity contribution in [3.05, 3.63) is 53.5 Å². The van der Waals surface area contributed by atoms with Crippen molar-refractivity contribution >= 4 is 29.9 Å². The molecule has 130 valence electrons. The molecule has 1 aromatic carbocycles. The molecule has 4 N–H and O–H groups in total. The summed E-state index contributed by atoms with van der Waals surface area (Å²) in [6, 6.07) is 8.34. The number of rotatable bonds is 5. The molecule has 0 saturated heterocycles. The number of nitrogens with one attached hydrogen (secondary N) is 2. The van der Waals surface area contributed by atoms with Gasteiger partial charge in [0.25, 0.3) is 11.8 Å². The number of amides is 2. The van der Waals surface area contributed by atoms with Gasteiger partial charge in [-0.25, -0.2) is 0 Å². The van der Waals surface area contributed by atoms with Gasteiger partial charge in [-0.2, -0.15) is 0 Å². The predicted molar refractivity (Wildman–Crippen MR) is 95.7 cm³/mol. The molecule has 0 radical (unpaired) electrons. The van der Waals surface area contributed by atoms with Crippen molar-refractivity contribution in [3.8, 4) is 0 Å². The Balaban J connectivity index is 0.00000288. The number of hydrogen-bond acceptors (Lipinski definition) is 4. The van der Waals surface area contributed by atoms with E-state index in [1.807, 2.05) is 20.8 Å². The van der Waals surface area contributed by atoms with Crippen LogP contribution in [0.15, 0.2) is 41.0 Å². The number of hydrogen-bond donors (Lipinski definition) is 3. The molecule has 2 amide bonds. The third-order valence-electron chi connectivity index (χ3n) is 3.46. The van der Waals surface area contributed by atoms with E-state index in [2.05, 4.69) is 10.6 Å². The average Bonchev–Trinajstić information content (AvgIpc) is 3.03. The zero-order chi connectivity index (χ0) is 17.0. The van der Waals surface area contributed by atoms with Gasteiger partial charge in [0.2, 0.25) is 0 Å². The van der Waals surface area contributed by atoms with Crippen LogP contribution in [0, 0.1) is 6.92 Å². The topological polar surface area (TPSA) is 97.4 Å². The van der Waals surface area contributed by atoms with E-state index in [0.29, 0.717) is 17.8 Å². The van der Waals surface area contributed by atoms with Crippen molar-refractivity contribution in [3.63, 3.8) is 0 Å². The molecule has 0 aliphatic carbocycles. The molecule has 2 rings (SSSR count). The van der Waals surface area contributed by atoms with E-state index in [-0.39, 0.29) is 30.0 Å². The number of nitrogens with two attached hydrogens (primary N) is 1. The number of carbonyl (C=O) groups is 2. The zero-order valence-corrected chi connectivity index (χ0v) is 14.7. The summed E-state index contributed by atoms with van der Waals surface area (Å²) in [6.45, 7) is 5.87. The van der Waals surface area contributed by atoms with Crippen molar-refractivity contribution in [1.82, 2.24) is 5.32 Å². The van der Waals surface area contributed by atoms with Gasteiger partial charge in [-0.3, -0.25) is 9.59 Å². The van der Waals surface area contributed by atoms with E-state index in [1.54, 1.807) is 30.3 Å². The predicted octanol–water partition coefficient (Wildman–Crippen LogP) is 2.73. The maximum Gasteiger partial charge on any atom is 0.291 e. The lowest BCUT2D eigenvalue weighted by Gasteiger charge is -2.24. The highest BCUT2D eigenvalue weighted by molar-refractivity contribution is 6.04. The second-order valence-corrected chi connectivity index (χ2v) is 6.00. The van der Waals surface area contributed by atoms with Crippen molar-refractivity contribution in [1.29, 1.82) is 0 Å². The minimum Gasteiger partial charge on any atom is -0.459 e. The van der Waals surface area contributed by atoms with Crippen LogP contribution >= 0.6 is 12.4 Å². The van der Waals surface area contributed by atoms with Crippen LogP contribution < -0.4 is 16.4 Å². The molecule has 0 aliphatic heterocycles. The van der Waals surface area contributed by atoms with Gasteiger partial charge in [0.1, 0.15) is 0 Å². The molecule has 1 aromatic heterocycles. The number of carbonyl (C=O) groups excluding carboxylic acids is 2. The zero-order valence-electron chi connectivity index (χ0n) is 13.9. The summed E-state index contributed by atoms with van der Waals surface area (Å²) in [5, 5.41) is 5.60. The van der Waals surface area contributed by atoms with Crippen LogP contribution in [-0.4, -0.2) is 23.9 Å². The molecule has 1 heterocycles. The molecular formula is C17H22ClN3O3. The molecular weight excluding hydrogens is 330 g/mol.